The van der Waals surface area contributed by atoms with Gasteiger partial charge in [0.15, 0.2) is 0 Å². The minimum Gasteiger partial charge on any atom is -0.329 e. The van der Waals surface area contributed by atoms with Crippen molar-refractivity contribution in [2.24, 2.45) is 11.7 Å². The number of fused-ring (bicyclic) bond motifs is 1. The Bertz CT molecular complexity index is 283. The van der Waals surface area contributed by atoms with Gasteiger partial charge in [0.25, 0.3) is 0 Å². The van der Waals surface area contributed by atoms with Gasteiger partial charge in [0.05, 0.1) is 0 Å². The lowest BCUT2D eigenvalue weighted by Crippen LogP contribution is -2.63. The highest BCUT2D eigenvalue weighted by Gasteiger charge is 2.50. The van der Waals surface area contributed by atoms with Crippen molar-refractivity contribution in [2.45, 2.75) is 62.3 Å². The molecule has 2 N–H and O–H groups in total. The van der Waals surface area contributed by atoms with Crippen molar-refractivity contribution in [3.63, 3.8) is 0 Å². The topological polar surface area (TPSA) is 29.3 Å². The molecule has 0 aromatic carbocycles. The Morgan fingerprint density at radius 3 is 2.82 bits per heavy atom. The maximum absolute atomic E-state index is 6.22. The van der Waals surface area contributed by atoms with Crippen LogP contribution in [0.1, 0.15) is 45.4 Å². The number of hydrogen-bond donors (Lipinski definition) is 1. The van der Waals surface area contributed by atoms with Crippen molar-refractivity contribution in [1.29, 1.82) is 0 Å². The van der Waals surface area contributed by atoms with Crippen LogP contribution in [0.15, 0.2) is 0 Å². The fourth-order valence-corrected chi connectivity index (χ4v) is 6.02. The third kappa shape index (κ3) is 1.85. The predicted molar refractivity (Wildman–Crippen MR) is 75.4 cm³/mol. The molecule has 2 aliphatic heterocycles. The van der Waals surface area contributed by atoms with E-state index in [2.05, 4.69) is 23.6 Å². The summed E-state index contributed by atoms with van der Waals surface area (Å²) in [5.41, 5.74) is 6.55. The number of thioether (sulfide) groups is 1. The summed E-state index contributed by atoms with van der Waals surface area (Å²) in [6.07, 6.45) is 8.56. The monoisotopic (exact) mass is 254 g/mol. The van der Waals surface area contributed by atoms with Gasteiger partial charge >= 0.3 is 0 Å². The highest BCUT2D eigenvalue weighted by Crippen LogP contribution is 2.46. The second-order valence-corrected chi connectivity index (χ2v) is 7.61. The summed E-state index contributed by atoms with van der Waals surface area (Å²) in [7, 11) is 0. The van der Waals surface area contributed by atoms with Crippen molar-refractivity contribution < 1.29 is 0 Å². The van der Waals surface area contributed by atoms with Crippen LogP contribution in [0.2, 0.25) is 0 Å². The highest BCUT2D eigenvalue weighted by molar-refractivity contribution is 8.00. The predicted octanol–water partition coefficient (Wildman–Crippen LogP) is 2.47. The Balaban J connectivity index is 1.85. The van der Waals surface area contributed by atoms with E-state index in [1.807, 2.05) is 0 Å². The minimum atomic E-state index is 0.332. The van der Waals surface area contributed by atoms with Gasteiger partial charge in [0.1, 0.15) is 0 Å². The normalized spacial score (nSPS) is 47.3. The van der Waals surface area contributed by atoms with Gasteiger partial charge in [0, 0.05) is 23.4 Å². The van der Waals surface area contributed by atoms with Crippen LogP contribution in [0.25, 0.3) is 0 Å². The summed E-state index contributed by atoms with van der Waals surface area (Å²) in [5.74, 6) is 2.30. The number of nitrogens with zero attached hydrogens (tertiary/aromatic N) is 1. The van der Waals surface area contributed by atoms with Gasteiger partial charge in [0.2, 0.25) is 0 Å². The lowest BCUT2D eigenvalue weighted by atomic mass is 9.82. The fraction of sp³-hybridized carbons (Fsp3) is 1.00. The first-order valence-electron chi connectivity index (χ1n) is 7.36. The van der Waals surface area contributed by atoms with Crippen molar-refractivity contribution in [3.8, 4) is 0 Å². The molecule has 2 saturated heterocycles. The van der Waals surface area contributed by atoms with E-state index in [-0.39, 0.29) is 0 Å². The van der Waals surface area contributed by atoms with Gasteiger partial charge < -0.3 is 5.73 Å². The molecule has 3 aliphatic rings. The van der Waals surface area contributed by atoms with E-state index in [0.29, 0.717) is 5.54 Å². The van der Waals surface area contributed by atoms with Crippen molar-refractivity contribution in [1.82, 2.24) is 4.90 Å². The molecular formula is C14H26N2S. The number of nitrogens with two attached hydrogens (primary N) is 1. The molecule has 0 amide bonds. The minimum absolute atomic E-state index is 0.332. The molecule has 0 radical (unpaired) electrons. The summed E-state index contributed by atoms with van der Waals surface area (Å²) in [5, 5.41) is 0.729. The maximum Gasteiger partial charge on any atom is 0.0458 e. The first-order chi connectivity index (χ1) is 8.28. The van der Waals surface area contributed by atoms with E-state index in [1.54, 1.807) is 0 Å². The standard InChI is InChI=1S/C14H26N2S/c1-11-14(10-15,7-9-17-11)16-8-3-5-12-4-2-6-13(12)16/h11-13H,2-10,15H2,1H3. The molecule has 0 bridgehead atoms. The molecular weight excluding hydrogens is 228 g/mol. The van der Waals surface area contributed by atoms with Gasteiger partial charge in [-0.1, -0.05) is 13.3 Å². The van der Waals surface area contributed by atoms with Crippen molar-refractivity contribution in [3.05, 3.63) is 0 Å². The molecule has 3 heteroatoms. The third-order valence-corrected chi connectivity index (χ3v) is 6.96. The van der Waals surface area contributed by atoms with Gasteiger partial charge in [-0.2, -0.15) is 11.8 Å². The van der Waals surface area contributed by atoms with Crippen LogP contribution < -0.4 is 5.73 Å². The summed E-state index contributed by atoms with van der Waals surface area (Å²) >= 11 is 2.13. The summed E-state index contributed by atoms with van der Waals surface area (Å²) in [6, 6.07) is 0.869. The largest absolute Gasteiger partial charge is 0.329 e. The number of piperidine rings is 1. The van der Waals surface area contributed by atoms with Crippen molar-refractivity contribution in [2.75, 3.05) is 18.8 Å². The lowest BCUT2D eigenvalue weighted by molar-refractivity contribution is 0.00611. The second kappa shape index (κ2) is 4.75. The van der Waals surface area contributed by atoms with Crippen LogP contribution >= 0.6 is 11.8 Å². The van der Waals surface area contributed by atoms with Gasteiger partial charge in [-0.3, -0.25) is 4.90 Å². The molecule has 4 atom stereocenters. The average Bonchev–Trinajstić information content (AvgIpc) is 2.95. The Hall–Kier alpha value is 0.270. The Kier molecular flexibility index (Phi) is 3.44. The Morgan fingerprint density at radius 1 is 1.29 bits per heavy atom. The number of rotatable bonds is 2. The SMILES string of the molecule is CC1SCCC1(CN)N1CCCC2CCCC21. The zero-order valence-corrected chi connectivity index (χ0v) is 11.8. The molecule has 0 spiro atoms. The van der Waals surface area contributed by atoms with E-state index in [9.17, 15) is 0 Å². The smallest absolute Gasteiger partial charge is 0.0458 e. The van der Waals surface area contributed by atoms with Crippen LogP contribution in [-0.4, -0.2) is 40.6 Å². The van der Waals surface area contributed by atoms with Crippen LogP contribution in [0.5, 0.6) is 0 Å². The Labute approximate surface area is 110 Å². The number of likely N-dealkylation sites (tertiary alicyclic amines) is 1. The second-order valence-electron chi connectivity index (χ2n) is 6.16. The van der Waals surface area contributed by atoms with Gasteiger partial charge in [-0.15, -0.1) is 0 Å². The van der Waals surface area contributed by atoms with Gasteiger partial charge in [-0.05, 0) is 50.3 Å². The zero-order valence-electron chi connectivity index (χ0n) is 11.0. The highest BCUT2D eigenvalue weighted by atomic mass is 32.2. The maximum atomic E-state index is 6.22. The van der Waals surface area contributed by atoms with Gasteiger partial charge in [-0.25, -0.2) is 0 Å². The summed E-state index contributed by atoms with van der Waals surface area (Å²) in [6.45, 7) is 4.58. The first kappa shape index (κ1) is 12.3. The summed E-state index contributed by atoms with van der Waals surface area (Å²) in [4.78, 5) is 2.86. The molecule has 2 heterocycles. The lowest BCUT2D eigenvalue weighted by Gasteiger charge is -2.50. The Morgan fingerprint density at radius 2 is 2.12 bits per heavy atom. The molecule has 98 valence electrons. The van der Waals surface area contributed by atoms with Crippen LogP contribution in [0.4, 0.5) is 0 Å². The zero-order chi connectivity index (χ0) is 11.9. The van der Waals surface area contributed by atoms with Crippen LogP contribution in [-0.2, 0) is 0 Å². The summed E-state index contributed by atoms with van der Waals surface area (Å²) < 4.78 is 0. The number of hydrogen-bond acceptors (Lipinski definition) is 3. The molecule has 4 unspecified atom stereocenters. The molecule has 0 aromatic rings. The molecule has 3 rings (SSSR count). The molecule has 17 heavy (non-hydrogen) atoms. The van der Waals surface area contributed by atoms with E-state index < -0.39 is 0 Å². The molecule has 3 fully saturated rings. The van der Waals surface area contributed by atoms with E-state index in [0.717, 1.165) is 23.8 Å². The molecule has 0 aromatic heterocycles. The van der Waals surface area contributed by atoms with Crippen molar-refractivity contribution >= 4 is 11.8 Å². The van der Waals surface area contributed by atoms with E-state index in [4.69, 9.17) is 5.73 Å². The van der Waals surface area contributed by atoms with E-state index >= 15 is 0 Å². The average molecular weight is 254 g/mol. The molecule has 1 saturated carbocycles. The molecule has 2 nitrogen and oxygen atoms in total. The van der Waals surface area contributed by atoms with E-state index in [1.165, 1.54) is 50.8 Å². The van der Waals surface area contributed by atoms with Crippen LogP contribution in [0.3, 0.4) is 0 Å². The molecule has 1 aliphatic carbocycles. The first-order valence-corrected chi connectivity index (χ1v) is 8.41. The quantitative estimate of drug-likeness (QED) is 0.821. The fourth-order valence-electron chi connectivity index (χ4n) is 4.54. The third-order valence-electron chi connectivity index (χ3n) is 5.58. The van der Waals surface area contributed by atoms with Crippen LogP contribution in [0, 0.1) is 5.92 Å².